The van der Waals surface area contributed by atoms with Crippen molar-refractivity contribution in [2.24, 2.45) is 0 Å². The minimum Gasteiger partial charge on any atom is -0.337 e. The number of hydrogen-bond donors (Lipinski definition) is 1. The molecule has 0 aromatic carbocycles. The van der Waals surface area contributed by atoms with Gasteiger partial charge in [-0.2, -0.15) is 4.72 Å². The number of thiophene rings is 1. The molecule has 3 aliphatic heterocycles. The van der Waals surface area contributed by atoms with Crippen molar-refractivity contribution in [1.82, 2.24) is 19.4 Å². The minimum atomic E-state index is -3.77. The van der Waals surface area contributed by atoms with Crippen molar-refractivity contribution in [3.8, 4) is 0 Å². The van der Waals surface area contributed by atoms with Gasteiger partial charge >= 0.3 is 0 Å². The van der Waals surface area contributed by atoms with Gasteiger partial charge in [-0.25, -0.2) is 8.42 Å². The molecule has 2 atom stereocenters. The second-order valence-electron chi connectivity index (χ2n) is 8.55. The van der Waals surface area contributed by atoms with E-state index in [2.05, 4.69) is 25.6 Å². The Labute approximate surface area is 196 Å². The second kappa shape index (κ2) is 9.86. The highest BCUT2D eigenvalue weighted by Crippen LogP contribution is 2.25. The van der Waals surface area contributed by atoms with Crippen LogP contribution in [0.3, 0.4) is 0 Å². The van der Waals surface area contributed by atoms with E-state index in [1.165, 1.54) is 23.8 Å². The minimum absolute atomic E-state index is 0.0259. The third kappa shape index (κ3) is 5.50. The van der Waals surface area contributed by atoms with Crippen molar-refractivity contribution in [1.29, 1.82) is 0 Å². The molecule has 0 bridgehead atoms. The quantitative estimate of drug-likeness (QED) is 0.578. The Bertz CT molecular complexity index is 916. The summed E-state index contributed by atoms with van der Waals surface area (Å²) in [5.41, 5.74) is 0. The lowest BCUT2D eigenvalue weighted by molar-refractivity contribution is -0.143. The fourth-order valence-corrected chi connectivity index (χ4v) is 7.85. The Morgan fingerprint density at radius 1 is 1.13 bits per heavy atom. The zero-order valence-corrected chi connectivity index (χ0v) is 20.7. The average Bonchev–Trinajstić information content (AvgIpc) is 3.47. The molecule has 3 aliphatic rings. The highest BCUT2D eigenvalue weighted by Gasteiger charge is 2.36. The first kappa shape index (κ1) is 23.2. The molecule has 0 saturated carbocycles. The van der Waals surface area contributed by atoms with E-state index in [1.807, 2.05) is 4.90 Å². The Hall–Kier alpha value is -1.01. The number of carbonyl (C=O) groups excluding carboxylic acids is 2. The molecule has 1 aromatic heterocycles. The van der Waals surface area contributed by atoms with Gasteiger partial charge in [-0.05, 0) is 73.6 Å². The summed E-state index contributed by atoms with van der Waals surface area (Å²) in [6, 6.07) is 0.915. The van der Waals surface area contributed by atoms with Crippen LogP contribution in [-0.4, -0.2) is 86.3 Å². The molecular weight excluding hydrogens is 504 g/mol. The summed E-state index contributed by atoms with van der Waals surface area (Å²) in [6.45, 7) is 4.37. The number of carbonyl (C=O) groups is 2. The molecule has 1 aromatic rings. The predicted molar refractivity (Wildman–Crippen MR) is 122 cm³/mol. The van der Waals surface area contributed by atoms with E-state index in [9.17, 15) is 18.0 Å². The molecule has 3 fully saturated rings. The first-order valence-corrected chi connectivity index (χ1v) is 14.1. The van der Waals surface area contributed by atoms with E-state index >= 15 is 0 Å². The summed E-state index contributed by atoms with van der Waals surface area (Å²) in [5, 5.41) is 1.69. The van der Waals surface area contributed by atoms with Crippen LogP contribution in [0.5, 0.6) is 0 Å². The maximum Gasteiger partial charge on any atom is 0.250 e. The third-order valence-corrected chi connectivity index (χ3v) is 10.00. The molecule has 4 rings (SSSR count). The monoisotopic (exact) mass is 532 g/mol. The van der Waals surface area contributed by atoms with Gasteiger partial charge < -0.3 is 14.7 Å². The van der Waals surface area contributed by atoms with Crippen LogP contribution in [-0.2, 0) is 19.6 Å². The fourth-order valence-electron chi connectivity index (χ4n) is 4.76. The van der Waals surface area contributed by atoms with E-state index < -0.39 is 16.1 Å². The number of sulfonamides is 1. The van der Waals surface area contributed by atoms with Crippen LogP contribution in [0.2, 0.25) is 0 Å². The summed E-state index contributed by atoms with van der Waals surface area (Å²) >= 11 is 4.36. The molecule has 0 unspecified atom stereocenters. The van der Waals surface area contributed by atoms with Crippen LogP contribution < -0.4 is 4.72 Å². The highest BCUT2D eigenvalue weighted by atomic mass is 79.9. The maximum atomic E-state index is 13.0. The van der Waals surface area contributed by atoms with Gasteiger partial charge in [0.1, 0.15) is 10.3 Å². The molecule has 4 heterocycles. The van der Waals surface area contributed by atoms with Gasteiger partial charge in [0.15, 0.2) is 0 Å². The number of halogens is 1. The van der Waals surface area contributed by atoms with Crippen LogP contribution in [0.15, 0.2) is 20.1 Å². The molecule has 8 nitrogen and oxygen atoms in total. The third-order valence-electron chi connectivity index (χ3n) is 6.33. The van der Waals surface area contributed by atoms with E-state index in [4.69, 9.17) is 0 Å². The first-order valence-electron chi connectivity index (χ1n) is 10.9. The SMILES string of the molecule is O=C1[C@@H](NS(=O)(=O)c2cc(Br)cs2)CCCN1CC(=O)N1CCC[C@H]1CN1CCCC1. The molecule has 0 spiro atoms. The summed E-state index contributed by atoms with van der Waals surface area (Å²) in [7, 11) is -3.77. The van der Waals surface area contributed by atoms with Crippen LogP contribution in [0.1, 0.15) is 38.5 Å². The Balaban J connectivity index is 1.36. The molecule has 3 saturated heterocycles. The van der Waals surface area contributed by atoms with Crippen molar-refractivity contribution in [3.05, 3.63) is 15.9 Å². The zero-order chi connectivity index (χ0) is 22.0. The van der Waals surface area contributed by atoms with Crippen LogP contribution in [0, 0.1) is 0 Å². The second-order valence-corrected chi connectivity index (χ2v) is 12.3. The number of likely N-dealkylation sites (tertiary alicyclic amines) is 3. The van der Waals surface area contributed by atoms with Gasteiger partial charge in [0.2, 0.25) is 11.8 Å². The van der Waals surface area contributed by atoms with Crippen LogP contribution >= 0.6 is 27.3 Å². The van der Waals surface area contributed by atoms with Crippen molar-refractivity contribution in [2.45, 2.75) is 54.8 Å². The zero-order valence-electron chi connectivity index (χ0n) is 17.5. The molecule has 2 amide bonds. The smallest absolute Gasteiger partial charge is 0.250 e. The van der Waals surface area contributed by atoms with Crippen LogP contribution in [0.4, 0.5) is 0 Å². The lowest BCUT2D eigenvalue weighted by Crippen LogP contribution is -2.55. The summed E-state index contributed by atoms with van der Waals surface area (Å²) in [5.74, 6) is -0.338. The molecule has 172 valence electrons. The molecule has 11 heteroatoms. The molecule has 31 heavy (non-hydrogen) atoms. The standard InChI is InChI=1S/C20H29BrN4O4S2/c21-15-11-19(30-14-15)31(28,29)22-17-6-4-9-24(20(17)27)13-18(26)25-10-3-5-16(25)12-23-7-1-2-8-23/h11,14,16-17,22H,1-10,12-13H2/t16-,17-/m0/s1. The normalized spacial score (nSPS) is 25.5. The first-order chi connectivity index (χ1) is 14.8. The van der Waals surface area contributed by atoms with E-state index in [0.717, 1.165) is 50.4 Å². The molecule has 1 N–H and O–H groups in total. The topological polar surface area (TPSA) is 90.0 Å². The van der Waals surface area contributed by atoms with Gasteiger partial charge in [-0.1, -0.05) is 0 Å². The van der Waals surface area contributed by atoms with Gasteiger partial charge in [-0.3, -0.25) is 9.59 Å². The molecule has 0 aliphatic carbocycles. The Morgan fingerprint density at radius 2 is 1.87 bits per heavy atom. The van der Waals surface area contributed by atoms with E-state index in [1.54, 1.807) is 5.38 Å². The van der Waals surface area contributed by atoms with Crippen molar-refractivity contribution in [3.63, 3.8) is 0 Å². The largest absolute Gasteiger partial charge is 0.337 e. The van der Waals surface area contributed by atoms with Crippen LogP contribution in [0.25, 0.3) is 0 Å². The number of hydrogen-bond acceptors (Lipinski definition) is 6. The summed E-state index contributed by atoms with van der Waals surface area (Å²) < 4.78 is 28.7. The Kier molecular flexibility index (Phi) is 7.37. The van der Waals surface area contributed by atoms with Gasteiger partial charge in [0.05, 0.1) is 6.54 Å². The number of piperidine rings is 1. The average molecular weight is 534 g/mol. The summed E-state index contributed by atoms with van der Waals surface area (Å²) in [4.78, 5) is 31.9. The molecule has 0 radical (unpaired) electrons. The highest BCUT2D eigenvalue weighted by molar-refractivity contribution is 9.10. The lowest BCUT2D eigenvalue weighted by atomic mass is 10.1. The number of rotatable bonds is 7. The molecular formula is C20H29BrN4O4S2. The van der Waals surface area contributed by atoms with Gasteiger partial charge in [0, 0.05) is 35.5 Å². The lowest BCUT2D eigenvalue weighted by Gasteiger charge is -2.34. The van der Waals surface area contributed by atoms with Crippen molar-refractivity contribution in [2.75, 3.05) is 39.3 Å². The summed E-state index contributed by atoms with van der Waals surface area (Å²) in [6.07, 6.45) is 5.56. The number of amides is 2. The van der Waals surface area contributed by atoms with E-state index in [-0.39, 0.29) is 28.6 Å². The number of nitrogens with one attached hydrogen (secondary N) is 1. The van der Waals surface area contributed by atoms with Crippen molar-refractivity contribution >= 4 is 49.1 Å². The maximum absolute atomic E-state index is 13.0. The fraction of sp³-hybridized carbons (Fsp3) is 0.700. The predicted octanol–water partition coefficient (Wildman–Crippen LogP) is 1.87. The Morgan fingerprint density at radius 3 is 2.58 bits per heavy atom. The van der Waals surface area contributed by atoms with Gasteiger partial charge in [0.25, 0.3) is 10.0 Å². The van der Waals surface area contributed by atoms with Crippen molar-refractivity contribution < 1.29 is 18.0 Å². The van der Waals surface area contributed by atoms with Gasteiger partial charge in [-0.15, -0.1) is 11.3 Å². The van der Waals surface area contributed by atoms with E-state index in [0.29, 0.717) is 23.9 Å². The number of nitrogens with zero attached hydrogens (tertiary/aromatic N) is 3.